The lowest BCUT2D eigenvalue weighted by Crippen LogP contribution is -2.32. The minimum atomic E-state index is -0.0407. The quantitative estimate of drug-likeness (QED) is 0.559. The lowest BCUT2D eigenvalue weighted by Gasteiger charge is -2.12. The van der Waals surface area contributed by atoms with Gasteiger partial charge in [0.05, 0.1) is 19.0 Å². The first-order valence-electron chi connectivity index (χ1n) is 9.91. The molecule has 8 heteroatoms. The molecular formula is C22H24N4O3S. The maximum atomic E-state index is 12.3. The van der Waals surface area contributed by atoms with Crippen LogP contribution >= 0.6 is 11.8 Å². The molecule has 1 aliphatic rings. The van der Waals surface area contributed by atoms with Crippen LogP contribution < -0.4 is 10.1 Å². The molecule has 1 unspecified atom stereocenters. The Morgan fingerprint density at radius 2 is 2.10 bits per heavy atom. The number of amides is 1. The third kappa shape index (κ3) is 4.83. The number of methoxy groups -OCH3 is 1. The van der Waals surface area contributed by atoms with Crippen LogP contribution in [0.1, 0.15) is 12.8 Å². The van der Waals surface area contributed by atoms with Crippen LogP contribution in [0.3, 0.4) is 0 Å². The van der Waals surface area contributed by atoms with E-state index in [1.165, 1.54) is 11.8 Å². The number of carbonyl (C=O) groups excluding carboxylic acids is 1. The molecule has 3 aromatic rings. The van der Waals surface area contributed by atoms with Crippen LogP contribution in [0.2, 0.25) is 0 Å². The number of hydrogen-bond acceptors (Lipinski definition) is 6. The number of rotatable bonds is 8. The highest BCUT2D eigenvalue weighted by atomic mass is 32.2. The first-order valence-corrected chi connectivity index (χ1v) is 10.9. The van der Waals surface area contributed by atoms with Crippen molar-refractivity contribution in [2.45, 2.75) is 24.1 Å². The summed E-state index contributed by atoms with van der Waals surface area (Å²) in [6.07, 6.45) is 2.19. The second-order valence-corrected chi connectivity index (χ2v) is 7.88. The summed E-state index contributed by atoms with van der Waals surface area (Å²) in [5.74, 6) is 1.66. The fourth-order valence-corrected chi connectivity index (χ4v) is 4.12. The molecule has 0 saturated carbocycles. The number of nitrogens with zero attached hydrogens (tertiary/aromatic N) is 3. The smallest absolute Gasteiger partial charge is 0.230 e. The van der Waals surface area contributed by atoms with Crippen molar-refractivity contribution < 1.29 is 14.3 Å². The van der Waals surface area contributed by atoms with Gasteiger partial charge in [-0.1, -0.05) is 42.1 Å². The number of benzene rings is 2. The summed E-state index contributed by atoms with van der Waals surface area (Å²) in [7, 11) is 1.64. The number of ether oxygens (including phenoxy) is 2. The summed E-state index contributed by atoms with van der Waals surface area (Å²) in [4.78, 5) is 12.3. The lowest BCUT2D eigenvalue weighted by molar-refractivity contribution is -0.119. The van der Waals surface area contributed by atoms with Gasteiger partial charge in [-0.15, -0.1) is 10.2 Å². The normalized spacial score (nSPS) is 15.8. The van der Waals surface area contributed by atoms with Gasteiger partial charge in [-0.2, -0.15) is 0 Å². The predicted octanol–water partition coefficient (Wildman–Crippen LogP) is 3.33. The summed E-state index contributed by atoms with van der Waals surface area (Å²) < 4.78 is 12.9. The Bertz CT molecular complexity index is 987. The van der Waals surface area contributed by atoms with Gasteiger partial charge in [-0.3, -0.25) is 9.36 Å². The summed E-state index contributed by atoms with van der Waals surface area (Å²) in [6, 6.07) is 17.6. The summed E-state index contributed by atoms with van der Waals surface area (Å²) in [6.45, 7) is 1.34. The summed E-state index contributed by atoms with van der Waals surface area (Å²) >= 11 is 1.36. The fourth-order valence-electron chi connectivity index (χ4n) is 3.34. The third-order valence-electron chi connectivity index (χ3n) is 4.86. The zero-order valence-corrected chi connectivity index (χ0v) is 17.6. The molecule has 2 heterocycles. The fraction of sp³-hybridized carbons (Fsp3) is 0.318. The topological polar surface area (TPSA) is 78.3 Å². The highest BCUT2D eigenvalue weighted by molar-refractivity contribution is 7.99. The van der Waals surface area contributed by atoms with E-state index >= 15 is 0 Å². The zero-order chi connectivity index (χ0) is 20.8. The number of para-hydroxylation sites is 1. The Labute approximate surface area is 179 Å². The highest BCUT2D eigenvalue weighted by Gasteiger charge is 2.19. The van der Waals surface area contributed by atoms with E-state index in [4.69, 9.17) is 9.47 Å². The van der Waals surface area contributed by atoms with Crippen LogP contribution in [-0.4, -0.2) is 52.8 Å². The second kappa shape index (κ2) is 9.77. The highest BCUT2D eigenvalue weighted by Crippen LogP contribution is 2.29. The van der Waals surface area contributed by atoms with E-state index in [9.17, 15) is 4.79 Å². The van der Waals surface area contributed by atoms with Crippen molar-refractivity contribution in [3.8, 4) is 22.8 Å². The second-order valence-electron chi connectivity index (χ2n) is 6.94. The van der Waals surface area contributed by atoms with Gasteiger partial charge in [0.25, 0.3) is 0 Å². The van der Waals surface area contributed by atoms with Gasteiger partial charge in [0.1, 0.15) is 5.75 Å². The third-order valence-corrected chi connectivity index (χ3v) is 5.79. The predicted molar refractivity (Wildman–Crippen MR) is 116 cm³/mol. The Morgan fingerprint density at radius 3 is 2.87 bits per heavy atom. The monoisotopic (exact) mass is 424 g/mol. The molecule has 1 N–H and O–H groups in total. The van der Waals surface area contributed by atoms with E-state index < -0.39 is 0 Å². The molecule has 30 heavy (non-hydrogen) atoms. The van der Waals surface area contributed by atoms with Gasteiger partial charge in [0, 0.05) is 24.4 Å². The van der Waals surface area contributed by atoms with Crippen LogP contribution in [0.5, 0.6) is 5.75 Å². The van der Waals surface area contributed by atoms with E-state index in [1.54, 1.807) is 7.11 Å². The van der Waals surface area contributed by atoms with Gasteiger partial charge < -0.3 is 14.8 Å². The minimum absolute atomic E-state index is 0.0407. The molecule has 0 bridgehead atoms. The van der Waals surface area contributed by atoms with Gasteiger partial charge in [-0.25, -0.2) is 0 Å². The molecule has 2 aromatic carbocycles. The largest absolute Gasteiger partial charge is 0.497 e. The van der Waals surface area contributed by atoms with Crippen molar-refractivity contribution >= 4 is 17.7 Å². The number of nitrogens with one attached hydrogen (secondary N) is 1. The van der Waals surface area contributed by atoms with Crippen molar-refractivity contribution in [2.75, 3.05) is 26.0 Å². The van der Waals surface area contributed by atoms with Crippen LogP contribution in [-0.2, 0) is 9.53 Å². The molecule has 156 valence electrons. The van der Waals surface area contributed by atoms with Crippen LogP contribution in [0.15, 0.2) is 59.8 Å². The number of aromatic nitrogens is 3. The van der Waals surface area contributed by atoms with Crippen molar-refractivity contribution in [2.24, 2.45) is 0 Å². The van der Waals surface area contributed by atoms with Gasteiger partial charge >= 0.3 is 0 Å². The van der Waals surface area contributed by atoms with Gasteiger partial charge in [0.2, 0.25) is 5.91 Å². The Hall–Kier alpha value is -2.84. The van der Waals surface area contributed by atoms with E-state index in [1.807, 2.05) is 59.2 Å². The van der Waals surface area contributed by atoms with Gasteiger partial charge in [-0.05, 0) is 37.1 Å². The van der Waals surface area contributed by atoms with E-state index in [0.717, 1.165) is 36.4 Å². The molecule has 1 aromatic heterocycles. The Morgan fingerprint density at radius 1 is 1.23 bits per heavy atom. The molecule has 0 aliphatic carbocycles. The molecule has 0 radical (unpaired) electrons. The van der Waals surface area contributed by atoms with Crippen LogP contribution in [0.4, 0.5) is 0 Å². The standard InChI is InChI=1S/C22H24N4O3S/c1-28-18-10-5-7-16(13-18)21-24-25-22(26(21)17-8-3-2-4-9-17)30-15-20(27)23-14-19-11-6-12-29-19/h2-5,7-10,13,19H,6,11-12,14-15H2,1H3,(H,23,27). The molecule has 7 nitrogen and oxygen atoms in total. The average Bonchev–Trinajstić information content (AvgIpc) is 3.47. The molecule has 0 spiro atoms. The average molecular weight is 425 g/mol. The molecule has 1 fully saturated rings. The SMILES string of the molecule is COc1cccc(-c2nnc(SCC(=O)NCC3CCCO3)n2-c2ccccc2)c1. The number of carbonyl (C=O) groups is 1. The number of thioether (sulfide) groups is 1. The van der Waals surface area contributed by atoms with Crippen LogP contribution in [0, 0.1) is 0 Å². The minimum Gasteiger partial charge on any atom is -0.497 e. The van der Waals surface area contributed by atoms with Gasteiger partial charge in [0.15, 0.2) is 11.0 Å². The van der Waals surface area contributed by atoms with E-state index in [-0.39, 0.29) is 17.8 Å². The zero-order valence-electron chi connectivity index (χ0n) is 16.8. The Balaban J connectivity index is 1.54. The molecule has 1 amide bonds. The molecule has 1 aliphatic heterocycles. The molecular weight excluding hydrogens is 400 g/mol. The maximum Gasteiger partial charge on any atom is 0.230 e. The maximum absolute atomic E-state index is 12.3. The lowest BCUT2D eigenvalue weighted by atomic mass is 10.2. The van der Waals surface area contributed by atoms with Crippen molar-refractivity contribution in [3.63, 3.8) is 0 Å². The van der Waals surface area contributed by atoms with Crippen LogP contribution in [0.25, 0.3) is 17.1 Å². The van der Waals surface area contributed by atoms with Crippen molar-refractivity contribution in [1.29, 1.82) is 0 Å². The van der Waals surface area contributed by atoms with E-state index in [0.29, 0.717) is 17.5 Å². The summed E-state index contributed by atoms with van der Waals surface area (Å²) in [5.41, 5.74) is 1.82. The molecule has 1 saturated heterocycles. The molecule has 4 rings (SSSR count). The van der Waals surface area contributed by atoms with E-state index in [2.05, 4.69) is 15.5 Å². The Kier molecular flexibility index (Phi) is 6.66. The number of hydrogen-bond donors (Lipinski definition) is 1. The van der Waals surface area contributed by atoms with Crippen molar-refractivity contribution in [1.82, 2.24) is 20.1 Å². The molecule has 1 atom stereocenters. The first kappa shape index (κ1) is 20.4. The van der Waals surface area contributed by atoms with Crippen molar-refractivity contribution in [3.05, 3.63) is 54.6 Å². The first-order chi connectivity index (χ1) is 14.7. The summed E-state index contributed by atoms with van der Waals surface area (Å²) in [5, 5.41) is 12.4.